The number of halogens is 1. The zero-order chi connectivity index (χ0) is 6.78. The molecule has 0 saturated carbocycles. The summed E-state index contributed by atoms with van der Waals surface area (Å²) in [4.78, 5) is 9.98. The van der Waals surface area contributed by atoms with E-state index in [1.54, 1.807) is 13.8 Å². The number of rotatable bonds is 1. The molecular weight excluding hydrogens is 174 g/mol. The lowest BCUT2D eigenvalue weighted by Crippen LogP contribution is -2.24. The van der Waals surface area contributed by atoms with Crippen LogP contribution >= 0.6 is 15.9 Å². The van der Waals surface area contributed by atoms with Crippen LogP contribution in [0.4, 0.5) is 4.79 Å². The first-order valence-corrected chi connectivity index (χ1v) is 2.88. The Morgan fingerprint density at radius 3 is 2.12 bits per heavy atom. The summed E-state index contributed by atoms with van der Waals surface area (Å²) in [6.45, 7) is 3.36. The van der Waals surface area contributed by atoms with Gasteiger partial charge in [0.05, 0.1) is 0 Å². The van der Waals surface area contributed by atoms with Gasteiger partial charge in [-0.15, -0.1) is 0 Å². The molecule has 4 heteroatoms. The van der Waals surface area contributed by atoms with E-state index in [-0.39, 0.29) is 0 Å². The topological polar surface area (TPSA) is 52.3 Å². The molecular formula is C4H8BrNO2. The van der Waals surface area contributed by atoms with Crippen molar-refractivity contribution < 1.29 is 9.53 Å². The Morgan fingerprint density at radius 1 is 1.75 bits per heavy atom. The van der Waals surface area contributed by atoms with Crippen molar-refractivity contribution in [3.8, 4) is 0 Å². The SMILES string of the molecule is CC(C)(Br)OC(N)=O. The molecule has 0 aromatic rings. The van der Waals surface area contributed by atoms with Gasteiger partial charge in [0, 0.05) is 0 Å². The Bertz CT molecular complexity index is 96.7. The first-order valence-electron chi connectivity index (χ1n) is 2.09. The average molecular weight is 182 g/mol. The van der Waals surface area contributed by atoms with Crippen molar-refractivity contribution in [3.63, 3.8) is 0 Å². The summed E-state index contributed by atoms with van der Waals surface area (Å²) < 4.78 is 3.85. The van der Waals surface area contributed by atoms with Crippen molar-refractivity contribution in [2.45, 2.75) is 18.4 Å². The molecule has 0 bridgehead atoms. The van der Waals surface area contributed by atoms with Crippen LogP contribution in [0, 0.1) is 0 Å². The Balaban J connectivity index is 3.55. The molecule has 0 aromatic heterocycles. The van der Waals surface area contributed by atoms with Gasteiger partial charge < -0.3 is 10.5 Å². The van der Waals surface area contributed by atoms with E-state index in [0.717, 1.165) is 0 Å². The molecule has 0 aromatic carbocycles. The van der Waals surface area contributed by atoms with Crippen molar-refractivity contribution in [1.82, 2.24) is 0 Å². The lowest BCUT2D eigenvalue weighted by Gasteiger charge is -2.14. The molecule has 0 aliphatic carbocycles. The van der Waals surface area contributed by atoms with Crippen molar-refractivity contribution >= 4 is 22.0 Å². The highest BCUT2D eigenvalue weighted by molar-refractivity contribution is 9.10. The number of ether oxygens (including phenoxy) is 1. The van der Waals surface area contributed by atoms with Crippen LogP contribution in [0.1, 0.15) is 13.8 Å². The maximum atomic E-state index is 9.98. The summed E-state index contributed by atoms with van der Waals surface area (Å²) in [5, 5.41) is 0. The third kappa shape index (κ3) is 5.75. The first kappa shape index (κ1) is 7.75. The smallest absolute Gasteiger partial charge is 0.405 e. The van der Waals surface area contributed by atoms with Crippen LogP contribution in [0.2, 0.25) is 0 Å². The third-order valence-corrected chi connectivity index (χ3v) is 0.505. The average Bonchev–Trinajstić information content (AvgIpc) is 1.21. The monoisotopic (exact) mass is 181 g/mol. The quantitative estimate of drug-likeness (QED) is 0.619. The Hall–Kier alpha value is -0.250. The van der Waals surface area contributed by atoms with Crippen LogP contribution in [-0.4, -0.2) is 10.6 Å². The van der Waals surface area contributed by atoms with Gasteiger partial charge in [-0.3, -0.25) is 0 Å². The minimum absolute atomic E-state index is 0.640. The minimum atomic E-state index is -0.771. The van der Waals surface area contributed by atoms with E-state index in [2.05, 4.69) is 26.4 Å². The zero-order valence-corrected chi connectivity index (χ0v) is 6.36. The number of amides is 1. The summed E-state index contributed by atoms with van der Waals surface area (Å²) >= 11 is 3.06. The number of primary amides is 1. The van der Waals surface area contributed by atoms with E-state index in [9.17, 15) is 4.79 Å². The number of nitrogens with two attached hydrogens (primary N) is 1. The van der Waals surface area contributed by atoms with Crippen molar-refractivity contribution in [1.29, 1.82) is 0 Å². The highest BCUT2D eigenvalue weighted by Gasteiger charge is 2.15. The molecule has 0 spiro atoms. The highest BCUT2D eigenvalue weighted by Crippen LogP contribution is 2.16. The molecule has 0 fully saturated rings. The van der Waals surface area contributed by atoms with E-state index in [0.29, 0.717) is 0 Å². The van der Waals surface area contributed by atoms with Gasteiger partial charge in [-0.25, -0.2) is 4.79 Å². The van der Waals surface area contributed by atoms with E-state index in [4.69, 9.17) is 0 Å². The molecule has 1 amide bonds. The Labute approximate surface area is 56.3 Å². The van der Waals surface area contributed by atoms with Crippen molar-refractivity contribution in [3.05, 3.63) is 0 Å². The summed E-state index contributed by atoms with van der Waals surface area (Å²) in [6, 6.07) is 0. The number of carbonyl (C=O) groups excluding carboxylic acids is 1. The van der Waals surface area contributed by atoms with Crippen molar-refractivity contribution in [2.24, 2.45) is 5.73 Å². The molecule has 3 nitrogen and oxygen atoms in total. The fourth-order valence-electron chi connectivity index (χ4n) is 0.239. The molecule has 0 atom stereocenters. The standard InChI is InChI=1S/C4H8BrNO2/c1-4(2,5)8-3(6)7/h1-2H3,(H2,6,7). The lowest BCUT2D eigenvalue weighted by molar-refractivity contribution is 0.111. The molecule has 48 valence electrons. The number of carbonyl (C=O) groups is 1. The minimum Gasteiger partial charge on any atom is -0.432 e. The Kier molecular flexibility index (Phi) is 2.27. The summed E-state index contributed by atoms with van der Waals surface area (Å²) in [5.41, 5.74) is 4.69. The highest BCUT2D eigenvalue weighted by atomic mass is 79.9. The molecule has 0 rings (SSSR count). The molecule has 0 aliphatic heterocycles. The third-order valence-electron chi connectivity index (χ3n) is 0.343. The largest absolute Gasteiger partial charge is 0.432 e. The van der Waals surface area contributed by atoms with E-state index in [1.165, 1.54) is 0 Å². The van der Waals surface area contributed by atoms with Crippen LogP contribution in [0.5, 0.6) is 0 Å². The molecule has 0 unspecified atom stereocenters. The second-order valence-corrected chi connectivity index (χ2v) is 3.69. The van der Waals surface area contributed by atoms with Crippen LogP contribution in [0.25, 0.3) is 0 Å². The van der Waals surface area contributed by atoms with Crippen LogP contribution in [0.15, 0.2) is 0 Å². The summed E-state index contributed by atoms with van der Waals surface area (Å²) in [5.74, 6) is 0. The molecule has 0 aliphatic rings. The number of hydrogen-bond donors (Lipinski definition) is 1. The zero-order valence-electron chi connectivity index (χ0n) is 4.77. The van der Waals surface area contributed by atoms with Crippen LogP contribution in [-0.2, 0) is 4.74 Å². The van der Waals surface area contributed by atoms with E-state index < -0.39 is 10.6 Å². The van der Waals surface area contributed by atoms with Gasteiger partial charge in [-0.2, -0.15) is 0 Å². The predicted octanol–water partition coefficient (Wildman–Crippen LogP) is 1.21. The van der Waals surface area contributed by atoms with Crippen LogP contribution in [0.3, 0.4) is 0 Å². The fourth-order valence-corrected chi connectivity index (χ4v) is 0.399. The lowest BCUT2D eigenvalue weighted by atomic mass is 10.5. The molecule has 2 N–H and O–H groups in total. The normalized spacial score (nSPS) is 10.9. The van der Waals surface area contributed by atoms with Crippen molar-refractivity contribution in [2.75, 3.05) is 0 Å². The van der Waals surface area contributed by atoms with Gasteiger partial charge in [0.2, 0.25) is 0 Å². The second-order valence-electron chi connectivity index (χ2n) is 1.78. The number of alkyl halides is 1. The van der Waals surface area contributed by atoms with Gasteiger partial charge in [-0.1, -0.05) is 0 Å². The van der Waals surface area contributed by atoms with Gasteiger partial charge in [0.1, 0.15) is 0 Å². The maximum absolute atomic E-state index is 9.98. The summed E-state index contributed by atoms with van der Waals surface area (Å²) in [7, 11) is 0. The maximum Gasteiger partial charge on any atom is 0.405 e. The Morgan fingerprint density at radius 2 is 2.12 bits per heavy atom. The molecule has 0 saturated heterocycles. The fraction of sp³-hybridized carbons (Fsp3) is 0.750. The molecule has 0 radical (unpaired) electrons. The van der Waals surface area contributed by atoms with Crippen LogP contribution < -0.4 is 5.73 Å². The van der Waals surface area contributed by atoms with Gasteiger partial charge in [-0.05, 0) is 29.8 Å². The molecule has 0 heterocycles. The van der Waals surface area contributed by atoms with E-state index >= 15 is 0 Å². The molecule has 8 heavy (non-hydrogen) atoms. The van der Waals surface area contributed by atoms with E-state index in [1.807, 2.05) is 0 Å². The second kappa shape index (κ2) is 2.35. The van der Waals surface area contributed by atoms with Gasteiger partial charge >= 0.3 is 6.09 Å². The summed E-state index contributed by atoms with van der Waals surface area (Å²) in [6.07, 6.45) is -0.771. The van der Waals surface area contributed by atoms with Gasteiger partial charge in [0.15, 0.2) is 4.51 Å². The van der Waals surface area contributed by atoms with Gasteiger partial charge in [0.25, 0.3) is 0 Å². The first-order chi connectivity index (χ1) is 3.42. The predicted molar refractivity (Wildman–Crippen MR) is 33.7 cm³/mol. The number of hydrogen-bond acceptors (Lipinski definition) is 2.